The van der Waals surface area contributed by atoms with Gasteiger partial charge in [-0.15, -0.1) is 0 Å². The fourth-order valence-electron chi connectivity index (χ4n) is 2.07. The van der Waals surface area contributed by atoms with Crippen LogP contribution in [-0.2, 0) is 4.74 Å². The SMILES string of the molecule is CCOCCOc1ccc(C(=O)NC(=S)Nc2ccc(C)c(Cl)c2)cc1. The number of benzene rings is 2. The highest BCUT2D eigenvalue weighted by atomic mass is 35.5. The van der Waals surface area contributed by atoms with Crippen molar-refractivity contribution < 1.29 is 14.3 Å². The Kier molecular flexibility index (Phi) is 7.84. The van der Waals surface area contributed by atoms with E-state index in [1.165, 1.54) is 0 Å². The van der Waals surface area contributed by atoms with Gasteiger partial charge in [0.2, 0.25) is 0 Å². The summed E-state index contributed by atoms with van der Waals surface area (Å²) < 4.78 is 10.7. The first-order chi connectivity index (χ1) is 12.5. The number of nitrogens with one attached hydrogen (secondary N) is 2. The van der Waals surface area contributed by atoms with Gasteiger partial charge in [-0.25, -0.2) is 0 Å². The molecule has 0 atom stereocenters. The van der Waals surface area contributed by atoms with Gasteiger partial charge < -0.3 is 14.8 Å². The van der Waals surface area contributed by atoms with E-state index in [9.17, 15) is 4.79 Å². The molecule has 26 heavy (non-hydrogen) atoms. The summed E-state index contributed by atoms with van der Waals surface area (Å²) in [5, 5.41) is 6.40. The molecule has 2 N–H and O–H groups in total. The minimum Gasteiger partial charge on any atom is -0.491 e. The highest BCUT2D eigenvalue weighted by molar-refractivity contribution is 7.80. The molecule has 0 aromatic heterocycles. The molecular weight excluding hydrogens is 372 g/mol. The fourth-order valence-corrected chi connectivity index (χ4v) is 2.46. The number of ether oxygens (including phenoxy) is 2. The lowest BCUT2D eigenvalue weighted by Gasteiger charge is -2.11. The maximum Gasteiger partial charge on any atom is 0.257 e. The molecule has 0 radical (unpaired) electrons. The third kappa shape index (κ3) is 6.29. The maximum atomic E-state index is 12.3. The van der Waals surface area contributed by atoms with E-state index in [0.717, 1.165) is 5.56 Å². The second-order valence-electron chi connectivity index (χ2n) is 5.44. The fraction of sp³-hybridized carbons (Fsp3) is 0.263. The van der Waals surface area contributed by atoms with Crippen LogP contribution < -0.4 is 15.4 Å². The summed E-state index contributed by atoms with van der Waals surface area (Å²) in [6, 6.07) is 12.3. The summed E-state index contributed by atoms with van der Waals surface area (Å²) in [5.74, 6) is 0.373. The Hall–Kier alpha value is -2.15. The molecule has 7 heteroatoms. The van der Waals surface area contributed by atoms with Gasteiger partial charge in [0, 0.05) is 22.9 Å². The van der Waals surface area contributed by atoms with Crippen LogP contribution in [0.25, 0.3) is 0 Å². The standard InChI is InChI=1S/C19H21ClN2O3S/c1-3-24-10-11-25-16-8-5-14(6-9-16)18(23)22-19(26)21-15-7-4-13(2)17(20)12-15/h4-9,12H,3,10-11H2,1-2H3,(H2,21,22,23,26). The molecule has 0 aliphatic rings. The quantitative estimate of drug-likeness (QED) is 0.546. The van der Waals surface area contributed by atoms with Crippen molar-refractivity contribution >= 4 is 40.5 Å². The van der Waals surface area contributed by atoms with Crippen molar-refractivity contribution in [3.05, 3.63) is 58.6 Å². The Morgan fingerprint density at radius 3 is 2.54 bits per heavy atom. The van der Waals surface area contributed by atoms with Crippen LogP contribution in [0.15, 0.2) is 42.5 Å². The molecule has 2 rings (SSSR count). The number of rotatable bonds is 7. The number of aryl methyl sites for hydroxylation is 1. The normalized spacial score (nSPS) is 10.3. The number of amides is 1. The molecule has 0 heterocycles. The molecule has 0 aliphatic carbocycles. The Morgan fingerprint density at radius 1 is 1.15 bits per heavy atom. The lowest BCUT2D eigenvalue weighted by molar-refractivity contribution is 0.0977. The van der Waals surface area contributed by atoms with E-state index >= 15 is 0 Å². The largest absolute Gasteiger partial charge is 0.491 e. The summed E-state index contributed by atoms with van der Waals surface area (Å²) in [6.07, 6.45) is 0. The van der Waals surface area contributed by atoms with Gasteiger partial charge in [-0.05, 0) is 68.0 Å². The van der Waals surface area contributed by atoms with E-state index in [2.05, 4.69) is 10.6 Å². The summed E-state index contributed by atoms with van der Waals surface area (Å²) in [6.45, 7) is 5.50. The van der Waals surface area contributed by atoms with Gasteiger partial charge in [-0.3, -0.25) is 10.1 Å². The summed E-state index contributed by atoms with van der Waals surface area (Å²) in [5.41, 5.74) is 2.16. The van der Waals surface area contributed by atoms with Gasteiger partial charge in [0.1, 0.15) is 12.4 Å². The van der Waals surface area contributed by atoms with Crippen LogP contribution in [0.1, 0.15) is 22.8 Å². The highest BCUT2D eigenvalue weighted by Crippen LogP contribution is 2.20. The molecule has 2 aromatic rings. The van der Waals surface area contributed by atoms with Crippen LogP contribution in [0.2, 0.25) is 5.02 Å². The topological polar surface area (TPSA) is 59.6 Å². The van der Waals surface area contributed by atoms with Crippen LogP contribution >= 0.6 is 23.8 Å². The molecule has 2 aromatic carbocycles. The van der Waals surface area contributed by atoms with Gasteiger partial charge in [-0.2, -0.15) is 0 Å². The molecule has 0 saturated heterocycles. The monoisotopic (exact) mass is 392 g/mol. The van der Waals surface area contributed by atoms with E-state index in [1.807, 2.05) is 26.0 Å². The Balaban J connectivity index is 1.86. The average Bonchev–Trinajstić information content (AvgIpc) is 2.62. The van der Waals surface area contributed by atoms with Crippen molar-refractivity contribution in [1.82, 2.24) is 5.32 Å². The van der Waals surface area contributed by atoms with Gasteiger partial charge in [0.25, 0.3) is 5.91 Å². The van der Waals surface area contributed by atoms with Gasteiger partial charge >= 0.3 is 0 Å². The molecule has 0 saturated carbocycles. The molecule has 5 nitrogen and oxygen atoms in total. The van der Waals surface area contributed by atoms with Crippen molar-refractivity contribution in [2.45, 2.75) is 13.8 Å². The lowest BCUT2D eigenvalue weighted by Crippen LogP contribution is -2.34. The predicted octanol–water partition coefficient (Wildman–Crippen LogP) is 4.19. The first kappa shape index (κ1) is 20.2. The number of carbonyl (C=O) groups is 1. The molecular formula is C19H21ClN2O3S. The summed E-state index contributed by atoms with van der Waals surface area (Å²) >= 11 is 11.2. The van der Waals surface area contributed by atoms with Crippen LogP contribution in [0.5, 0.6) is 5.75 Å². The van der Waals surface area contributed by atoms with Gasteiger partial charge in [0.05, 0.1) is 6.61 Å². The first-order valence-electron chi connectivity index (χ1n) is 8.18. The van der Waals surface area contributed by atoms with E-state index in [0.29, 0.717) is 41.8 Å². The lowest BCUT2D eigenvalue weighted by atomic mass is 10.2. The molecule has 1 amide bonds. The van der Waals surface area contributed by atoms with Crippen molar-refractivity contribution in [1.29, 1.82) is 0 Å². The summed E-state index contributed by atoms with van der Waals surface area (Å²) in [7, 11) is 0. The smallest absolute Gasteiger partial charge is 0.257 e. The number of anilines is 1. The first-order valence-corrected chi connectivity index (χ1v) is 8.97. The molecule has 0 bridgehead atoms. The second kappa shape index (κ2) is 10.1. The van der Waals surface area contributed by atoms with Crippen LogP contribution in [-0.4, -0.2) is 30.8 Å². The van der Waals surface area contributed by atoms with E-state index < -0.39 is 0 Å². The molecule has 0 fully saturated rings. The number of halogens is 1. The Bertz CT molecular complexity index is 766. The second-order valence-corrected chi connectivity index (χ2v) is 6.26. The zero-order valence-corrected chi connectivity index (χ0v) is 16.2. The zero-order chi connectivity index (χ0) is 18.9. The summed E-state index contributed by atoms with van der Waals surface area (Å²) in [4.78, 5) is 12.3. The van der Waals surface area contributed by atoms with E-state index in [1.54, 1.807) is 30.3 Å². The Labute approximate surface area is 163 Å². The molecule has 138 valence electrons. The number of thiocarbonyl (C=S) groups is 1. The maximum absolute atomic E-state index is 12.3. The minimum absolute atomic E-state index is 0.201. The van der Waals surface area contributed by atoms with E-state index in [4.69, 9.17) is 33.3 Å². The van der Waals surface area contributed by atoms with Crippen molar-refractivity contribution in [2.75, 3.05) is 25.1 Å². The third-order valence-electron chi connectivity index (χ3n) is 3.47. The van der Waals surface area contributed by atoms with Gasteiger partial charge in [0.15, 0.2) is 5.11 Å². The average molecular weight is 393 g/mol. The molecule has 0 unspecified atom stereocenters. The third-order valence-corrected chi connectivity index (χ3v) is 4.09. The highest BCUT2D eigenvalue weighted by Gasteiger charge is 2.09. The molecule has 0 spiro atoms. The minimum atomic E-state index is -0.304. The Morgan fingerprint density at radius 2 is 1.88 bits per heavy atom. The number of hydrogen-bond donors (Lipinski definition) is 2. The van der Waals surface area contributed by atoms with Crippen molar-refractivity contribution in [3.8, 4) is 5.75 Å². The number of hydrogen-bond acceptors (Lipinski definition) is 4. The van der Waals surface area contributed by atoms with Crippen LogP contribution in [0.3, 0.4) is 0 Å². The van der Waals surface area contributed by atoms with Crippen LogP contribution in [0, 0.1) is 6.92 Å². The van der Waals surface area contributed by atoms with Crippen molar-refractivity contribution in [3.63, 3.8) is 0 Å². The van der Waals surface area contributed by atoms with Crippen LogP contribution in [0.4, 0.5) is 5.69 Å². The molecule has 0 aliphatic heterocycles. The van der Waals surface area contributed by atoms with E-state index in [-0.39, 0.29) is 11.0 Å². The van der Waals surface area contributed by atoms with Crippen molar-refractivity contribution in [2.24, 2.45) is 0 Å². The van der Waals surface area contributed by atoms with Gasteiger partial charge in [-0.1, -0.05) is 17.7 Å². The zero-order valence-electron chi connectivity index (χ0n) is 14.7. The number of carbonyl (C=O) groups excluding carboxylic acids is 1. The predicted molar refractivity (Wildman–Crippen MR) is 108 cm³/mol.